The van der Waals surface area contributed by atoms with E-state index in [-0.39, 0.29) is 12.6 Å². The van der Waals surface area contributed by atoms with Gasteiger partial charge in [-0.1, -0.05) is 6.42 Å². The molecule has 0 bridgehead atoms. The number of aromatic nitrogens is 3. The van der Waals surface area contributed by atoms with Crippen LogP contribution in [0.2, 0.25) is 0 Å². The van der Waals surface area contributed by atoms with E-state index in [1.807, 2.05) is 10.7 Å². The summed E-state index contributed by atoms with van der Waals surface area (Å²) in [6.45, 7) is 1.08. The summed E-state index contributed by atoms with van der Waals surface area (Å²) in [4.78, 5) is 19.7. The number of fused-ring (bicyclic) bond motifs is 1. The highest BCUT2D eigenvalue weighted by Gasteiger charge is 2.22. The van der Waals surface area contributed by atoms with Crippen LogP contribution in [0, 0.1) is 0 Å². The number of rotatable bonds is 7. The summed E-state index contributed by atoms with van der Waals surface area (Å²) >= 11 is 0. The van der Waals surface area contributed by atoms with Crippen molar-refractivity contribution in [2.75, 3.05) is 31.5 Å². The minimum Gasteiger partial charge on any atom is -0.497 e. The maximum Gasteiger partial charge on any atom is 0.326 e. The highest BCUT2D eigenvalue weighted by Crippen LogP contribution is 2.32. The van der Waals surface area contributed by atoms with E-state index in [1.165, 1.54) is 6.42 Å². The van der Waals surface area contributed by atoms with Gasteiger partial charge in [-0.25, -0.2) is 14.5 Å². The zero-order valence-corrected chi connectivity index (χ0v) is 19.2. The summed E-state index contributed by atoms with van der Waals surface area (Å²) in [6, 6.07) is 12.2. The third-order valence-electron chi connectivity index (χ3n) is 5.63. The summed E-state index contributed by atoms with van der Waals surface area (Å²) in [5, 5.41) is 7.62. The Bertz CT molecular complexity index is 1070. The number of amides is 2. The zero-order valence-electron chi connectivity index (χ0n) is 19.2. The van der Waals surface area contributed by atoms with Gasteiger partial charge in [0.15, 0.2) is 17.3 Å². The van der Waals surface area contributed by atoms with Gasteiger partial charge in [-0.05, 0) is 49.2 Å². The van der Waals surface area contributed by atoms with Gasteiger partial charge in [-0.2, -0.15) is 5.10 Å². The van der Waals surface area contributed by atoms with Crippen LogP contribution in [0.1, 0.15) is 30.9 Å². The van der Waals surface area contributed by atoms with Gasteiger partial charge in [0.1, 0.15) is 11.6 Å². The normalized spacial score (nSPS) is 12.9. The lowest BCUT2D eigenvalue weighted by molar-refractivity contribution is 0.256. The molecule has 9 heteroatoms. The molecule has 0 unspecified atom stereocenters. The highest BCUT2D eigenvalue weighted by molar-refractivity contribution is 6.01. The molecule has 0 saturated heterocycles. The van der Waals surface area contributed by atoms with Crippen molar-refractivity contribution >= 4 is 17.4 Å². The van der Waals surface area contributed by atoms with Crippen molar-refractivity contribution in [3.63, 3.8) is 0 Å². The second kappa shape index (κ2) is 10.2. The van der Waals surface area contributed by atoms with Crippen molar-refractivity contribution in [3.05, 3.63) is 54.1 Å². The van der Waals surface area contributed by atoms with Gasteiger partial charge in [0.2, 0.25) is 0 Å². The number of carbonyl (C=O) groups is 1. The molecule has 0 radical (unpaired) electrons. The Morgan fingerprint density at radius 3 is 2.52 bits per heavy atom. The van der Waals surface area contributed by atoms with E-state index in [4.69, 9.17) is 19.2 Å². The van der Waals surface area contributed by atoms with Gasteiger partial charge >= 0.3 is 6.03 Å². The fourth-order valence-electron chi connectivity index (χ4n) is 3.86. The van der Waals surface area contributed by atoms with E-state index >= 15 is 0 Å². The molecule has 174 valence electrons. The Morgan fingerprint density at radius 2 is 1.79 bits per heavy atom. The van der Waals surface area contributed by atoms with Crippen molar-refractivity contribution in [1.82, 2.24) is 14.8 Å². The maximum atomic E-state index is 13.4. The van der Waals surface area contributed by atoms with Crippen molar-refractivity contribution in [2.24, 2.45) is 0 Å². The molecular formula is C24H29N5O4. The van der Waals surface area contributed by atoms with Crippen molar-refractivity contribution in [2.45, 2.75) is 38.8 Å². The molecule has 0 saturated carbocycles. The highest BCUT2D eigenvalue weighted by atomic mass is 16.5. The molecule has 9 nitrogen and oxygen atoms in total. The average molecular weight is 452 g/mol. The first-order valence-electron chi connectivity index (χ1n) is 11.0. The third-order valence-corrected chi connectivity index (χ3v) is 5.63. The number of ether oxygens (including phenoxy) is 3. The summed E-state index contributed by atoms with van der Waals surface area (Å²) in [6.07, 6.45) is 4.28. The fourth-order valence-corrected chi connectivity index (χ4v) is 3.86. The minimum atomic E-state index is -0.308. The number of hydrogen-bond acceptors (Lipinski definition) is 6. The Labute approximate surface area is 193 Å². The number of carbonyl (C=O) groups excluding carboxylic acids is 1. The van der Waals surface area contributed by atoms with E-state index in [1.54, 1.807) is 62.6 Å². The van der Waals surface area contributed by atoms with Gasteiger partial charge in [0.05, 0.1) is 27.9 Å². The number of anilines is 2. The lowest BCUT2D eigenvalue weighted by atomic mass is 10.2. The van der Waals surface area contributed by atoms with E-state index in [9.17, 15) is 4.79 Å². The summed E-state index contributed by atoms with van der Waals surface area (Å²) < 4.78 is 18.0. The Morgan fingerprint density at radius 1 is 1.00 bits per heavy atom. The predicted octanol–water partition coefficient (Wildman–Crippen LogP) is 4.27. The predicted molar refractivity (Wildman–Crippen MR) is 125 cm³/mol. The molecular weight excluding hydrogens is 422 g/mol. The first-order valence-corrected chi connectivity index (χ1v) is 11.0. The van der Waals surface area contributed by atoms with Crippen LogP contribution in [0.3, 0.4) is 0 Å². The van der Waals surface area contributed by atoms with E-state index < -0.39 is 0 Å². The monoisotopic (exact) mass is 451 g/mol. The summed E-state index contributed by atoms with van der Waals surface area (Å²) in [5.41, 5.74) is 1.29. The third kappa shape index (κ3) is 5.19. The molecule has 33 heavy (non-hydrogen) atoms. The SMILES string of the molecule is COc1ccc(NC(=O)N(Cc2nc3n(n2)CCCCC3)c2ccc(OC)c(OC)c2)cc1. The van der Waals surface area contributed by atoms with Crippen LogP contribution in [0.15, 0.2) is 42.5 Å². The second-order valence-electron chi connectivity index (χ2n) is 7.76. The van der Waals surface area contributed by atoms with Crippen LogP contribution in [-0.2, 0) is 19.5 Å². The van der Waals surface area contributed by atoms with Gasteiger partial charge < -0.3 is 19.5 Å². The van der Waals surface area contributed by atoms with Crippen LogP contribution in [0.5, 0.6) is 17.2 Å². The molecule has 0 atom stereocenters. The molecule has 0 spiro atoms. The van der Waals surface area contributed by atoms with Crippen molar-refractivity contribution in [1.29, 1.82) is 0 Å². The molecule has 1 N–H and O–H groups in total. The average Bonchev–Trinajstić information content (AvgIpc) is 3.10. The Hall–Kier alpha value is -3.75. The number of nitrogens with zero attached hydrogens (tertiary/aromatic N) is 4. The first kappa shape index (κ1) is 22.4. The number of hydrogen-bond donors (Lipinski definition) is 1. The van der Waals surface area contributed by atoms with Gasteiger partial charge in [-0.3, -0.25) is 4.90 Å². The molecule has 2 amide bonds. The van der Waals surface area contributed by atoms with Crippen molar-refractivity contribution in [3.8, 4) is 17.2 Å². The van der Waals surface area contributed by atoms with Gasteiger partial charge in [0.25, 0.3) is 0 Å². The lowest BCUT2D eigenvalue weighted by Gasteiger charge is -2.23. The maximum absolute atomic E-state index is 13.4. The molecule has 0 fully saturated rings. The smallest absolute Gasteiger partial charge is 0.326 e. The molecule has 0 aliphatic carbocycles. The lowest BCUT2D eigenvalue weighted by Crippen LogP contribution is -2.35. The Balaban J connectivity index is 1.63. The fraction of sp³-hybridized carbons (Fsp3) is 0.375. The number of urea groups is 1. The van der Waals surface area contributed by atoms with Crippen LogP contribution in [-0.4, -0.2) is 42.1 Å². The van der Waals surface area contributed by atoms with E-state index in [2.05, 4.69) is 10.4 Å². The molecule has 2 heterocycles. The first-order chi connectivity index (χ1) is 16.1. The number of aryl methyl sites for hydroxylation is 2. The molecule has 3 aromatic rings. The van der Waals surface area contributed by atoms with E-state index in [0.29, 0.717) is 34.4 Å². The number of benzene rings is 2. The number of methoxy groups -OCH3 is 3. The number of nitrogens with one attached hydrogen (secondary N) is 1. The molecule has 1 aliphatic rings. The summed E-state index contributed by atoms with van der Waals surface area (Å²) in [5.74, 6) is 3.42. The quantitative estimate of drug-likeness (QED) is 0.577. The standard InChI is InChI=1S/C24H29N5O4/c1-31-19-11-8-17(9-12-19)25-24(30)28(18-10-13-20(32-2)21(15-18)33-3)16-22-26-23-7-5-4-6-14-29(23)27-22/h8-13,15H,4-7,14,16H2,1-3H3,(H,25,30). The zero-order chi connectivity index (χ0) is 23.2. The topological polar surface area (TPSA) is 90.7 Å². The van der Waals surface area contributed by atoms with Crippen LogP contribution in [0.25, 0.3) is 0 Å². The van der Waals surface area contributed by atoms with Gasteiger partial charge in [0, 0.05) is 30.4 Å². The largest absolute Gasteiger partial charge is 0.497 e. The molecule has 4 rings (SSSR count). The molecule has 1 aliphatic heterocycles. The second-order valence-corrected chi connectivity index (χ2v) is 7.76. The summed E-state index contributed by atoms with van der Waals surface area (Å²) in [7, 11) is 4.75. The van der Waals surface area contributed by atoms with E-state index in [0.717, 1.165) is 31.6 Å². The molecule has 2 aromatic carbocycles. The Kier molecular flexibility index (Phi) is 6.97. The van der Waals surface area contributed by atoms with Crippen molar-refractivity contribution < 1.29 is 19.0 Å². The van der Waals surface area contributed by atoms with Crippen LogP contribution >= 0.6 is 0 Å². The minimum absolute atomic E-state index is 0.220. The van der Waals surface area contributed by atoms with Crippen LogP contribution < -0.4 is 24.4 Å². The molecule has 1 aromatic heterocycles. The van der Waals surface area contributed by atoms with Crippen LogP contribution in [0.4, 0.5) is 16.2 Å². The van der Waals surface area contributed by atoms with Gasteiger partial charge in [-0.15, -0.1) is 0 Å².